The van der Waals surface area contributed by atoms with Crippen molar-refractivity contribution in [2.75, 3.05) is 20.1 Å². The molecule has 0 heterocycles. The van der Waals surface area contributed by atoms with Crippen LogP contribution in [-0.2, 0) is 6.42 Å². The van der Waals surface area contributed by atoms with Gasteiger partial charge in [0.05, 0.1) is 0 Å². The summed E-state index contributed by atoms with van der Waals surface area (Å²) in [5, 5.41) is 3.66. The average molecular weight is 274 g/mol. The molecule has 0 bridgehead atoms. The van der Waals surface area contributed by atoms with E-state index >= 15 is 0 Å². The molecular weight excluding hydrogens is 244 g/mol. The fourth-order valence-electron chi connectivity index (χ4n) is 2.92. The van der Waals surface area contributed by atoms with Crippen LogP contribution in [0, 0.1) is 5.92 Å². The zero-order valence-electron chi connectivity index (χ0n) is 13.5. The van der Waals surface area contributed by atoms with E-state index in [0.29, 0.717) is 0 Å². The van der Waals surface area contributed by atoms with E-state index < -0.39 is 0 Å². The molecule has 2 unspecified atom stereocenters. The predicted molar refractivity (Wildman–Crippen MR) is 87.0 cm³/mol. The minimum atomic E-state index is 0.239. The third-order valence-corrected chi connectivity index (χ3v) is 4.43. The molecular formula is C18H30N2. The Kier molecular flexibility index (Phi) is 5.22. The lowest BCUT2D eigenvalue weighted by Crippen LogP contribution is -2.51. The molecule has 0 saturated heterocycles. The molecule has 112 valence electrons. The smallest absolute Gasteiger partial charge is 0.0133 e. The fourth-order valence-corrected chi connectivity index (χ4v) is 2.92. The zero-order valence-corrected chi connectivity index (χ0v) is 13.5. The minimum Gasteiger partial charge on any atom is -0.312 e. The summed E-state index contributed by atoms with van der Waals surface area (Å²) in [5.41, 5.74) is 1.69. The van der Waals surface area contributed by atoms with Gasteiger partial charge in [0, 0.05) is 18.1 Å². The monoisotopic (exact) mass is 274 g/mol. The number of hydrogen-bond acceptors (Lipinski definition) is 2. The van der Waals surface area contributed by atoms with E-state index in [2.05, 4.69) is 68.4 Å². The van der Waals surface area contributed by atoms with E-state index in [1.165, 1.54) is 24.9 Å². The van der Waals surface area contributed by atoms with Crippen LogP contribution >= 0.6 is 0 Å². The highest BCUT2D eigenvalue weighted by molar-refractivity contribution is 5.14. The molecule has 1 aromatic rings. The number of nitrogens with zero attached hydrogens (tertiary/aromatic N) is 1. The molecule has 0 spiro atoms. The summed E-state index contributed by atoms with van der Waals surface area (Å²) in [6, 6.07) is 11.6. The van der Waals surface area contributed by atoms with Gasteiger partial charge in [0.25, 0.3) is 0 Å². The summed E-state index contributed by atoms with van der Waals surface area (Å²) in [7, 11) is 2.29. The first-order valence-electron chi connectivity index (χ1n) is 7.95. The Bertz CT molecular complexity index is 394. The molecule has 2 nitrogen and oxygen atoms in total. The number of benzene rings is 1. The Morgan fingerprint density at radius 3 is 2.40 bits per heavy atom. The van der Waals surface area contributed by atoms with E-state index in [9.17, 15) is 0 Å². The lowest BCUT2D eigenvalue weighted by Gasteiger charge is -2.44. The summed E-state index contributed by atoms with van der Waals surface area (Å²) < 4.78 is 0. The van der Waals surface area contributed by atoms with Crippen LogP contribution in [0.4, 0.5) is 0 Å². The molecule has 0 amide bonds. The van der Waals surface area contributed by atoms with Crippen LogP contribution < -0.4 is 5.32 Å². The quantitative estimate of drug-likeness (QED) is 0.856. The van der Waals surface area contributed by atoms with Crippen LogP contribution in [0.15, 0.2) is 30.3 Å². The summed E-state index contributed by atoms with van der Waals surface area (Å²) >= 11 is 0. The van der Waals surface area contributed by atoms with Gasteiger partial charge in [-0.3, -0.25) is 0 Å². The molecule has 1 aromatic carbocycles. The highest BCUT2D eigenvalue weighted by Gasteiger charge is 2.33. The molecule has 20 heavy (non-hydrogen) atoms. The van der Waals surface area contributed by atoms with Gasteiger partial charge >= 0.3 is 0 Å². The predicted octanol–water partition coefficient (Wildman–Crippen LogP) is 3.33. The topological polar surface area (TPSA) is 15.3 Å². The van der Waals surface area contributed by atoms with Crippen molar-refractivity contribution in [3.05, 3.63) is 35.9 Å². The number of rotatable bonds is 6. The van der Waals surface area contributed by atoms with Crippen LogP contribution in [-0.4, -0.2) is 36.6 Å². The van der Waals surface area contributed by atoms with Gasteiger partial charge < -0.3 is 10.2 Å². The second kappa shape index (κ2) is 6.73. The molecule has 1 saturated carbocycles. The minimum absolute atomic E-state index is 0.239. The van der Waals surface area contributed by atoms with E-state index in [1.807, 2.05) is 0 Å². The van der Waals surface area contributed by atoms with Gasteiger partial charge in [-0.15, -0.1) is 0 Å². The molecule has 1 N–H and O–H groups in total. The maximum atomic E-state index is 3.66. The van der Waals surface area contributed by atoms with Gasteiger partial charge in [0.1, 0.15) is 0 Å². The first-order valence-corrected chi connectivity index (χ1v) is 7.95. The Labute approximate surface area is 124 Å². The number of hydrogen-bond donors (Lipinski definition) is 1. The van der Waals surface area contributed by atoms with Crippen LogP contribution in [0.5, 0.6) is 0 Å². The molecule has 2 heteroatoms. The van der Waals surface area contributed by atoms with Crippen molar-refractivity contribution in [1.82, 2.24) is 10.2 Å². The Balaban J connectivity index is 1.74. The summed E-state index contributed by atoms with van der Waals surface area (Å²) in [6.45, 7) is 9.07. The maximum Gasteiger partial charge on any atom is 0.0133 e. The van der Waals surface area contributed by atoms with Gasteiger partial charge in [0.15, 0.2) is 0 Å². The molecule has 1 aliphatic rings. The Morgan fingerprint density at radius 1 is 1.15 bits per heavy atom. The van der Waals surface area contributed by atoms with E-state index in [-0.39, 0.29) is 5.54 Å². The van der Waals surface area contributed by atoms with Gasteiger partial charge in [-0.2, -0.15) is 0 Å². The Hall–Kier alpha value is -0.860. The SMILES string of the molecule is CN(CCc1ccccc1)C1CCC1CNC(C)(C)C. The lowest BCUT2D eigenvalue weighted by atomic mass is 9.78. The molecule has 1 fully saturated rings. The first-order chi connectivity index (χ1) is 9.46. The van der Waals surface area contributed by atoms with Crippen molar-refractivity contribution in [2.45, 2.75) is 51.6 Å². The van der Waals surface area contributed by atoms with Gasteiger partial charge in [0.2, 0.25) is 0 Å². The molecule has 0 aromatic heterocycles. The van der Waals surface area contributed by atoms with E-state index in [4.69, 9.17) is 0 Å². The van der Waals surface area contributed by atoms with E-state index in [0.717, 1.165) is 24.9 Å². The number of nitrogens with one attached hydrogen (secondary N) is 1. The van der Waals surface area contributed by atoms with Crippen molar-refractivity contribution in [3.63, 3.8) is 0 Å². The highest BCUT2D eigenvalue weighted by atomic mass is 15.1. The average Bonchev–Trinajstić information content (AvgIpc) is 2.35. The van der Waals surface area contributed by atoms with Crippen LogP contribution in [0.2, 0.25) is 0 Å². The van der Waals surface area contributed by atoms with Gasteiger partial charge in [-0.1, -0.05) is 30.3 Å². The van der Waals surface area contributed by atoms with Gasteiger partial charge in [-0.05, 0) is 65.1 Å². The molecule has 0 aliphatic heterocycles. The van der Waals surface area contributed by atoms with Gasteiger partial charge in [-0.25, -0.2) is 0 Å². The zero-order chi connectivity index (χ0) is 14.6. The lowest BCUT2D eigenvalue weighted by molar-refractivity contribution is 0.0802. The summed E-state index contributed by atoms with van der Waals surface area (Å²) in [5.74, 6) is 0.829. The summed E-state index contributed by atoms with van der Waals surface area (Å²) in [6.07, 6.45) is 3.90. The summed E-state index contributed by atoms with van der Waals surface area (Å²) in [4.78, 5) is 2.56. The molecule has 2 atom stereocenters. The number of likely N-dealkylation sites (N-methyl/N-ethyl adjacent to an activating group) is 1. The molecule has 0 radical (unpaired) electrons. The second-order valence-corrected chi connectivity index (χ2v) is 7.25. The third-order valence-electron chi connectivity index (χ3n) is 4.43. The van der Waals surface area contributed by atoms with Crippen molar-refractivity contribution in [2.24, 2.45) is 5.92 Å². The molecule has 2 rings (SSSR count). The Morgan fingerprint density at radius 2 is 1.85 bits per heavy atom. The standard InChI is InChI=1S/C18H30N2/c1-18(2,3)19-14-16-10-11-17(16)20(4)13-12-15-8-6-5-7-9-15/h5-9,16-17,19H,10-14H2,1-4H3. The van der Waals surface area contributed by atoms with Crippen LogP contribution in [0.1, 0.15) is 39.2 Å². The van der Waals surface area contributed by atoms with Crippen molar-refractivity contribution < 1.29 is 0 Å². The van der Waals surface area contributed by atoms with Crippen molar-refractivity contribution in [3.8, 4) is 0 Å². The highest BCUT2D eigenvalue weighted by Crippen LogP contribution is 2.31. The third kappa shape index (κ3) is 4.60. The first kappa shape index (κ1) is 15.5. The maximum absolute atomic E-state index is 3.66. The van der Waals surface area contributed by atoms with Crippen molar-refractivity contribution in [1.29, 1.82) is 0 Å². The fraction of sp³-hybridized carbons (Fsp3) is 0.667. The van der Waals surface area contributed by atoms with E-state index in [1.54, 1.807) is 0 Å². The van der Waals surface area contributed by atoms with Crippen molar-refractivity contribution >= 4 is 0 Å². The normalized spacial score (nSPS) is 22.9. The largest absolute Gasteiger partial charge is 0.312 e. The second-order valence-electron chi connectivity index (χ2n) is 7.25. The van der Waals surface area contributed by atoms with Crippen LogP contribution in [0.25, 0.3) is 0 Å². The molecule has 1 aliphatic carbocycles. The van der Waals surface area contributed by atoms with Crippen LogP contribution in [0.3, 0.4) is 0 Å².